The number of likely N-dealkylation sites (tertiary alicyclic amines) is 1. The molecule has 1 fully saturated rings. The van der Waals surface area contributed by atoms with Gasteiger partial charge in [-0.05, 0) is 32.6 Å². The number of aliphatic hydroxyl groups excluding tert-OH is 1. The minimum absolute atomic E-state index is 0.00462. The molecule has 5 atom stereocenters. The van der Waals surface area contributed by atoms with E-state index in [0.717, 1.165) is 11.8 Å². The molecule has 21 nitrogen and oxygen atoms in total. The van der Waals surface area contributed by atoms with Crippen LogP contribution in [0.5, 0.6) is 0 Å². The Hall–Kier alpha value is -5.05. The smallest absolute Gasteiger partial charge is 0.326 e. The molecule has 0 spiro atoms. The molecule has 0 aromatic rings. The van der Waals surface area contributed by atoms with Crippen molar-refractivity contribution in [2.75, 3.05) is 19.7 Å². The zero-order valence-electron chi connectivity index (χ0n) is 24.3. The Kier molecular flexibility index (Phi) is 17.8. The molecule has 1 aliphatic heterocycles. The van der Waals surface area contributed by atoms with Gasteiger partial charge in [0, 0.05) is 19.1 Å². The van der Waals surface area contributed by atoms with Crippen molar-refractivity contribution in [1.82, 2.24) is 20.9 Å². The first-order chi connectivity index (χ1) is 20.9. The zero-order valence-corrected chi connectivity index (χ0v) is 24.3. The van der Waals surface area contributed by atoms with Gasteiger partial charge in [-0.25, -0.2) is 4.79 Å². The van der Waals surface area contributed by atoms with Crippen LogP contribution in [0.1, 0.15) is 45.4 Å². The largest absolute Gasteiger partial charge is 0.550 e. The van der Waals surface area contributed by atoms with Crippen molar-refractivity contribution in [3.8, 4) is 0 Å². The fraction of sp³-hybridized carbons (Fsp3) is 0.625. The Morgan fingerprint density at radius 2 is 1.47 bits per heavy atom. The van der Waals surface area contributed by atoms with Gasteiger partial charge in [-0.3, -0.25) is 33.8 Å². The second kappa shape index (κ2) is 20.0. The van der Waals surface area contributed by atoms with Gasteiger partial charge >= 0.3 is 17.9 Å². The quantitative estimate of drug-likeness (QED) is 0.0398. The summed E-state index contributed by atoms with van der Waals surface area (Å²) in [4.78, 5) is 98.4. The predicted octanol–water partition coefficient (Wildman–Crippen LogP) is -6.40. The normalized spacial score (nSPS) is 16.3. The van der Waals surface area contributed by atoms with Crippen LogP contribution in [-0.4, -0.2) is 129 Å². The highest BCUT2D eigenvalue weighted by atomic mass is 16.4. The number of carbonyl (C=O) groups excluding carboxylic acids is 5. The second-order valence-corrected chi connectivity index (χ2v) is 9.64. The standard InChI is InChI=1S/C22H36N8O11.C2H4O2/c23-10(7-15(32)33)17(36)29-13(9-31)18(37)28-12(8-16(34)35)20(39)30-6-2-4-14(30)19(38)27-11(21(40)41)3-1-5-26-22(24)25;1-2(3)4/h10-14,31H,1-9,23H2,(H,27,38)(H,28,37)(H,29,36)(H,32,33)(H,34,35)(H,40,41)(H4,24,25,26);1H3,(H,3,4)/p-1/t10-,11-,12-,13-,14-;/m0./s1. The van der Waals surface area contributed by atoms with Crippen LogP contribution in [-0.2, 0) is 38.4 Å². The maximum absolute atomic E-state index is 13.3. The van der Waals surface area contributed by atoms with Gasteiger partial charge in [-0.15, -0.1) is 0 Å². The van der Waals surface area contributed by atoms with Crippen LogP contribution in [0, 0.1) is 0 Å². The van der Waals surface area contributed by atoms with Crippen LogP contribution in [0.25, 0.3) is 0 Å². The molecular weight excluding hydrogens is 608 g/mol. The Morgan fingerprint density at radius 3 is 1.96 bits per heavy atom. The summed E-state index contributed by atoms with van der Waals surface area (Å²) < 4.78 is 0. The minimum Gasteiger partial charge on any atom is -0.550 e. The van der Waals surface area contributed by atoms with Gasteiger partial charge in [0.1, 0.15) is 24.2 Å². The zero-order chi connectivity index (χ0) is 34.9. The van der Waals surface area contributed by atoms with Crippen molar-refractivity contribution >= 4 is 53.5 Å². The summed E-state index contributed by atoms with van der Waals surface area (Å²) in [5, 5.41) is 52.4. The van der Waals surface area contributed by atoms with E-state index < -0.39 is 97.2 Å². The second-order valence-electron chi connectivity index (χ2n) is 9.64. The van der Waals surface area contributed by atoms with E-state index in [0.29, 0.717) is 6.42 Å². The summed E-state index contributed by atoms with van der Waals surface area (Å²) in [5.74, 6) is -9.53. The average molecular weight is 648 g/mol. The fourth-order valence-electron chi connectivity index (χ4n) is 3.93. The lowest BCUT2D eigenvalue weighted by atomic mass is 10.1. The van der Waals surface area contributed by atoms with Crippen molar-refractivity contribution in [3.05, 3.63) is 0 Å². The lowest BCUT2D eigenvalue weighted by Crippen LogP contribution is -2.59. The summed E-state index contributed by atoms with van der Waals surface area (Å²) in [6, 6.07) is -7.50. The van der Waals surface area contributed by atoms with Crippen LogP contribution in [0.4, 0.5) is 0 Å². The number of carbonyl (C=O) groups is 8. The topological polar surface area (TPSA) is 370 Å². The molecule has 45 heavy (non-hydrogen) atoms. The molecule has 13 N–H and O–H groups in total. The van der Waals surface area contributed by atoms with Gasteiger partial charge in [0.2, 0.25) is 23.6 Å². The number of rotatable bonds is 17. The van der Waals surface area contributed by atoms with Crippen molar-refractivity contribution in [2.45, 2.75) is 75.7 Å². The number of guanidine groups is 1. The summed E-state index contributed by atoms with van der Waals surface area (Å²) in [6.07, 6.45) is -1.07. The Bertz CT molecular complexity index is 1120. The molecular formula is C24H39N8O13-. The Morgan fingerprint density at radius 1 is 0.911 bits per heavy atom. The van der Waals surface area contributed by atoms with E-state index in [9.17, 15) is 48.9 Å². The third kappa shape index (κ3) is 15.8. The molecule has 0 unspecified atom stereocenters. The number of nitrogens with zero attached hydrogens (tertiary/aromatic N) is 2. The minimum atomic E-state index is -1.73. The number of nitrogens with two attached hydrogens (primary N) is 3. The molecule has 0 radical (unpaired) electrons. The van der Waals surface area contributed by atoms with Gasteiger partial charge in [-0.2, -0.15) is 0 Å². The molecule has 0 saturated carbocycles. The number of carboxylic acid groups (broad SMARTS) is 4. The highest BCUT2D eigenvalue weighted by molar-refractivity contribution is 5.97. The SMILES string of the molecule is CC(=O)[O-].NC(N)=NCCC[C@H](NC(=O)[C@@H]1CCCN1C(=O)[C@H](CC(=O)O)NC(=O)[C@H](CO)NC(=O)[C@@H](N)CC(=O)O)C(=O)O. The van der Waals surface area contributed by atoms with Crippen LogP contribution in [0.15, 0.2) is 4.99 Å². The first kappa shape index (κ1) is 39.9. The van der Waals surface area contributed by atoms with Gasteiger partial charge < -0.3 is 68.4 Å². The molecule has 4 amide bonds. The third-order valence-corrected chi connectivity index (χ3v) is 5.94. The highest BCUT2D eigenvalue weighted by Crippen LogP contribution is 2.20. The first-order valence-electron chi connectivity index (χ1n) is 13.4. The van der Waals surface area contributed by atoms with Crippen LogP contribution < -0.4 is 38.3 Å². The average Bonchev–Trinajstić information content (AvgIpc) is 3.41. The lowest BCUT2D eigenvalue weighted by molar-refractivity contribution is -0.302. The number of hydrogen-bond acceptors (Lipinski definition) is 12. The number of aliphatic imine (C=N–C) groups is 1. The van der Waals surface area contributed by atoms with Crippen molar-refractivity contribution < 1.29 is 63.9 Å². The Balaban J connectivity index is 0.00000454. The van der Waals surface area contributed by atoms with Crippen molar-refractivity contribution in [1.29, 1.82) is 0 Å². The Labute approximate surface area is 256 Å². The maximum Gasteiger partial charge on any atom is 0.326 e. The summed E-state index contributed by atoms with van der Waals surface area (Å²) in [6.45, 7) is 0.0859. The number of amides is 4. The highest BCUT2D eigenvalue weighted by Gasteiger charge is 2.40. The maximum atomic E-state index is 13.3. The monoisotopic (exact) mass is 647 g/mol. The van der Waals surface area contributed by atoms with E-state index in [1.807, 2.05) is 5.32 Å². The lowest BCUT2D eigenvalue weighted by Gasteiger charge is -2.29. The molecule has 1 rings (SSSR count). The molecule has 254 valence electrons. The molecule has 1 saturated heterocycles. The third-order valence-electron chi connectivity index (χ3n) is 5.94. The summed E-state index contributed by atoms with van der Waals surface area (Å²) in [5.41, 5.74) is 15.9. The summed E-state index contributed by atoms with van der Waals surface area (Å²) >= 11 is 0. The molecule has 0 bridgehead atoms. The van der Waals surface area contributed by atoms with Gasteiger partial charge in [0.05, 0.1) is 25.5 Å². The van der Waals surface area contributed by atoms with Crippen molar-refractivity contribution in [2.24, 2.45) is 22.2 Å². The van der Waals surface area contributed by atoms with E-state index in [-0.39, 0.29) is 38.3 Å². The predicted molar refractivity (Wildman–Crippen MR) is 148 cm³/mol. The van der Waals surface area contributed by atoms with Crippen LogP contribution in [0.3, 0.4) is 0 Å². The number of carboxylic acids is 4. The van der Waals surface area contributed by atoms with Crippen molar-refractivity contribution in [3.63, 3.8) is 0 Å². The number of nitrogens with one attached hydrogen (secondary N) is 3. The van der Waals surface area contributed by atoms with Crippen LogP contribution in [0.2, 0.25) is 0 Å². The van der Waals surface area contributed by atoms with E-state index in [1.54, 1.807) is 0 Å². The number of hydrogen-bond donors (Lipinski definition) is 10. The van der Waals surface area contributed by atoms with E-state index in [1.165, 1.54) is 0 Å². The number of aliphatic hydroxyl groups is 1. The molecule has 21 heteroatoms. The number of aliphatic carboxylic acids is 4. The van der Waals surface area contributed by atoms with Gasteiger partial charge in [0.15, 0.2) is 5.96 Å². The van der Waals surface area contributed by atoms with Gasteiger partial charge in [0.25, 0.3) is 0 Å². The molecule has 1 heterocycles. The first-order valence-corrected chi connectivity index (χ1v) is 13.4. The van der Waals surface area contributed by atoms with Crippen LogP contribution >= 0.6 is 0 Å². The van der Waals surface area contributed by atoms with Gasteiger partial charge in [-0.1, -0.05) is 0 Å². The molecule has 1 aliphatic rings. The van der Waals surface area contributed by atoms with E-state index in [2.05, 4.69) is 15.6 Å². The van der Waals surface area contributed by atoms with E-state index >= 15 is 0 Å². The molecule has 0 aliphatic carbocycles. The molecule has 0 aromatic carbocycles. The van der Waals surface area contributed by atoms with E-state index in [4.69, 9.17) is 32.2 Å². The summed E-state index contributed by atoms with van der Waals surface area (Å²) in [7, 11) is 0. The fourth-order valence-corrected chi connectivity index (χ4v) is 3.93. The molecule has 0 aromatic heterocycles.